The maximum Gasteiger partial charge on any atom is 0.259 e. The Balaban J connectivity index is 1.53. The third-order valence-electron chi connectivity index (χ3n) is 4.86. The number of nitrogens with one attached hydrogen (secondary N) is 2. The number of hydrogen-bond acceptors (Lipinski definition) is 5. The smallest absolute Gasteiger partial charge is 0.259 e. The van der Waals surface area contributed by atoms with E-state index < -0.39 is 0 Å². The van der Waals surface area contributed by atoms with Crippen LogP contribution in [0, 0.1) is 5.92 Å². The number of benzene rings is 2. The molecule has 2 aromatic carbocycles. The number of rotatable bonds is 5. The Morgan fingerprint density at radius 2 is 2.14 bits per heavy atom. The Bertz CT molecular complexity index is 966. The lowest BCUT2D eigenvalue weighted by molar-refractivity contribution is 0.0945. The highest BCUT2D eigenvalue weighted by Gasteiger charge is 2.20. The molecule has 1 saturated heterocycles. The average Bonchev–Trinajstić information content (AvgIpc) is 3.23. The highest BCUT2D eigenvalue weighted by molar-refractivity contribution is 6.30. The maximum atomic E-state index is 12.8. The van der Waals surface area contributed by atoms with Gasteiger partial charge in [0.25, 0.3) is 11.8 Å². The van der Waals surface area contributed by atoms with Gasteiger partial charge in [0.05, 0.1) is 11.1 Å². The van der Waals surface area contributed by atoms with Gasteiger partial charge in [0.2, 0.25) is 5.82 Å². The number of aromatic nitrogens is 2. The zero-order valence-electron chi connectivity index (χ0n) is 15.3. The van der Waals surface area contributed by atoms with E-state index in [2.05, 4.69) is 20.8 Å². The van der Waals surface area contributed by atoms with E-state index in [-0.39, 0.29) is 5.91 Å². The molecule has 3 aromatic rings. The fourth-order valence-electron chi connectivity index (χ4n) is 3.38. The molecule has 4 rings (SSSR count). The Morgan fingerprint density at radius 3 is 2.96 bits per heavy atom. The lowest BCUT2D eigenvalue weighted by atomic mass is 9.99. The van der Waals surface area contributed by atoms with Crippen molar-refractivity contribution in [2.24, 2.45) is 5.92 Å². The van der Waals surface area contributed by atoms with Gasteiger partial charge in [-0.25, -0.2) is 0 Å². The molecule has 1 aromatic heterocycles. The summed E-state index contributed by atoms with van der Waals surface area (Å²) in [6.07, 6.45) is 2.27. The Hall–Kier alpha value is -2.70. The first-order valence-electron chi connectivity index (χ1n) is 9.38. The summed E-state index contributed by atoms with van der Waals surface area (Å²) in [4.78, 5) is 17.2. The minimum absolute atomic E-state index is 0.135. The van der Waals surface area contributed by atoms with Crippen LogP contribution in [0.3, 0.4) is 0 Å². The largest absolute Gasteiger partial charge is 0.352 e. The van der Waals surface area contributed by atoms with Crippen molar-refractivity contribution in [1.29, 1.82) is 0 Å². The monoisotopic (exact) mass is 396 g/mol. The SMILES string of the molecule is O=C(NCC1CCCNC1)c1ccccc1-c1nc(-c2cccc(Cl)c2)no1. The number of amides is 1. The van der Waals surface area contributed by atoms with Crippen molar-refractivity contribution in [3.8, 4) is 22.8 Å². The second-order valence-corrected chi connectivity index (χ2v) is 7.34. The van der Waals surface area contributed by atoms with Crippen molar-refractivity contribution in [3.05, 3.63) is 59.1 Å². The number of hydrogen-bond donors (Lipinski definition) is 2. The van der Waals surface area contributed by atoms with Gasteiger partial charge in [-0.15, -0.1) is 0 Å². The molecular formula is C21H21ClN4O2. The third-order valence-corrected chi connectivity index (χ3v) is 5.10. The molecule has 1 amide bonds. The van der Waals surface area contributed by atoms with E-state index in [9.17, 15) is 4.79 Å². The van der Waals surface area contributed by atoms with Crippen LogP contribution >= 0.6 is 11.6 Å². The maximum absolute atomic E-state index is 12.8. The van der Waals surface area contributed by atoms with Crippen LogP contribution in [0.5, 0.6) is 0 Å². The Kier molecular flexibility index (Phi) is 5.69. The van der Waals surface area contributed by atoms with Crippen molar-refractivity contribution >= 4 is 17.5 Å². The topological polar surface area (TPSA) is 80.0 Å². The van der Waals surface area contributed by atoms with Crippen LogP contribution < -0.4 is 10.6 Å². The van der Waals surface area contributed by atoms with Crippen LogP contribution in [0.4, 0.5) is 0 Å². The van der Waals surface area contributed by atoms with Crippen molar-refractivity contribution in [1.82, 2.24) is 20.8 Å². The summed E-state index contributed by atoms with van der Waals surface area (Å²) >= 11 is 6.04. The summed E-state index contributed by atoms with van der Waals surface area (Å²) in [5.74, 6) is 1.06. The summed E-state index contributed by atoms with van der Waals surface area (Å²) in [5.41, 5.74) is 1.89. The standard InChI is InChI=1S/C21H21ClN4O2/c22-16-7-3-6-15(11-16)19-25-21(28-26-19)18-9-2-1-8-17(18)20(27)24-13-14-5-4-10-23-12-14/h1-3,6-9,11,14,23H,4-5,10,12-13H2,(H,24,27). The van der Waals surface area contributed by atoms with Gasteiger partial charge in [-0.1, -0.05) is 41.0 Å². The lowest BCUT2D eigenvalue weighted by Gasteiger charge is -2.23. The molecule has 0 aliphatic carbocycles. The highest BCUT2D eigenvalue weighted by atomic mass is 35.5. The van der Waals surface area contributed by atoms with Crippen LogP contribution in [-0.2, 0) is 0 Å². The van der Waals surface area contributed by atoms with Crippen LogP contribution in [0.2, 0.25) is 5.02 Å². The molecule has 28 heavy (non-hydrogen) atoms. The van der Waals surface area contributed by atoms with Crippen molar-refractivity contribution in [2.75, 3.05) is 19.6 Å². The summed E-state index contributed by atoms with van der Waals surface area (Å²) in [6.45, 7) is 2.64. The second-order valence-electron chi connectivity index (χ2n) is 6.90. The second kappa shape index (κ2) is 8.54. The van der Waals surface area contributed by atoms with Crippen LogP contribution in [0.1, 0.15) is 23.2 Å². The van der Waals surface area contributed by atoms with E-state index in [1.54, 1.807) is 18.2 Å². The van der Waals surface area contributed by atoms with Gasteiger partial charge in [-0.2, -0.15) is 4.98 Å². The number of nitrogens with zero attached hydrogens (tertiary/aromatic N) is 2. The molecule has 2 N–H and O–H groups in total. The predicted octanol–water partition coefficient (Wildman–Crippen LogP) is 3.79. The molecule has 1 atom stereocenters. The quantitative estimate of drug-likeness (QED) is 0.685. The molecule has 1 aliphatic heterocycles. The molecule has 1 unspecified atom stereocenters. The summed E-state index contributed by atoms with van der Waals surface area (Å²) in [5, 5.41) is 11.0. The fourth-order valence-corrected chi connectivity index (χ4v) is 3.57. The molecular weight excluding hydrogens is 376 g/mol. The first-order valence-corrected chi connectivity index (χ1v) is 9.76. The Morgan fingerprint density at radius 1 is 1.25 bits per heavy atom. The zero-order chi connectivity index (χ0) is 19.3. The number of carbonyl (C=O) groups is 1. The lowest BCUT2D eigenvalue weighted by Crippen LogP contribution is -2.38. The molecule has 7 heteroatoms. The fraction of sp³-hybridized carbons (Fsp3) is 0.286. The van der Waals surface area contributed by atoms with Crippen LogP contribution in [0.15, 0.2) is 53.1 Å². The molecule has 1 fully saturated rings. The average molecular weight is 397 g/mol. The third kappa shape index (κ3) is 4.24. The number of halogens is 1. The minimum Gasteiger partial charge on any atom is -0.352 e. The van der Waals surface area contributed by atoms with E-state index in [4.69, 9.17) is 16.1 Å². The van der Waals surface area contributed by atoms with E-state index >= 15 is 0 Å². The molecule has 0 radical (unpaired) electrons. The predicted molar refractivity (Wildman–Crippen MR) is 108 cm³/mol. The number of carbonyl (C=O) groups excluding carboxylic acids is 1. The van der Waals surface area contributed by atoms with Crippen LogP contribution in [0.25, 0.3) is 22.8 Å². The normalized spacial score (nSPS) is 16.7. The van der Waals surface area contributed by atoms with Gasteiger partial charge in [0, 0.05) is 17.1 Å². The first-order chi connectivity index (χ1) is 13.7. The van der Waals surface area contributed by atoms with Gasteiger partial charge in [0.1, 0.15) is 0 Å². The molecule has 6 nitrogen and oxygen atoms in total. The molecule has 0 spiro atoms. The summed E-state index contributed by atoms with van der Waals surface area (Å²) in [7, 11) is 0. The van der Waals surface area contributed by atoms with Gasteiger partial charge < -0.3 is 15.2 Å². The van der Waals surface area contributed by atoms with Crippen LogP contribution in [-0.4, -0.2) is 35.7 Å². The van der Waals surface area contributed by atoms with E-state index in [1.807, 2.05) is 30.3 Å². The van der Waals surface area contributed by atoms with E-state index in [1.165, 1.54) is 0 Å². The molecule has 0 bridgehead atoms. The minimum atomic E-state index is -0.135. The van der Waals surface area contributed by atoms with Gasteiger partial charge in [-0.05, 0) is 56.1 Å². The zero-order valence-corrected chi connectivity index (χ0v) is 16.1. The highest BCUT2D eigenvalue weighted by Crippen LogP contribution is 2.26. The van der Waals surface area contributed by atoms with Gasteiger partial charge in [0.15, 0.2) is 0 Å². The molecule has 144 valence electrons. The number of piperidine rings is 1. The van der Waals surface area contributed by atoms with Gasteiger partial charge >= 0.3 is 0 Å². The first kappa shape index (κ1) is 18.7. The van der Waals surface area contributed by atoms with E-state index in [0.717, 1.165) is 31.5 Å². The van der Waals surface area contributed by atoms with Crippen molar-refractivity contribution < 1.29 is 9.32 Å². The Labute approximate surface area is 168 Å². The van der Waals surface area contributed by atoms with Crippen molar-refractivity contribution in [2.45, 2.75) is 12.8 Å². The van der Waals surface area contributed by atoms with E-state index in [0.29, 0.717) is 40.3 Å². The molecule has 2 heterocycles. The van der Waals surface area contributed by atoms with Gasteiger partial charge in [-0.3, -0.25) is 4.79 Å². The summed E-state index contributed by atoms with van der Waals surface area (Å²) < 4.78 is 5.44. The molecule has 1 aliphatic rings. The summed E-state index contributed by atoms with van der Waals surface area (Å²) in [6, 6.07) is 14.5. The molecule has 0 saturated carbocycles. The van der Waals surface area contributed by atoms with Crippen molar-refractivity contribution in [3.63, 3.8) is 0 Å².